The SMILES string of the molecule is CCc1ccccc1N1CCC(=O)CC1. The molecule has 1 aromatic rings. The number of anilines is 1. The first-order chi connectivity index (χ1) is 7.31. The van der Waals surface area contributed by atoms with E-state index >= 15 is 0 Å². The van der Waals surface area contributed by atoms with E-state index in [4.69, 9.17) is 0 Å². The normalized spacial score (nSPS) is 16.9. The molecular formula is C13H17NO. The van der Waals surface area contributed by atoms with Gasteiger partial charge >= 0.3 is 0 Å². The zero-order valence-electron chi connectivity index (χ0n) is 9.20. The van der Waals surface area contributed by atoms with E-state index in [0.717, 1.165) is 19.5 Å². The Labute approximate surface area is 90.9 Å². The molecule has 0 radical (unpaired) electrons. The molecule has 2 rings (SSSR count). The van der Waals surface area contributed by atoms with Crippen molar-refractivity contribution >= 4 is 11.5 Å². The summed E-state index contributed by atoms with van der Waals surface area (Å²) in [6.45, 7) is 3.94. The maximum Gasteiger partial charge on any atom is 0.136 e. The number of aryl methyl sites for hydroxylation is 1. The molecule has 15 heavy (non-hydrogen) atoms. The fourth-order valence-electron chi connectivity index (χ4n) is 2.12. The average molecular weight is 203 g/mol. The third-order valence-corrected chi connectivity index (χ3v) is 3.03. The predicted molar refractivity (Wildman–Crippen MR) is 62.3 cm³/mol. The van der Waals surface area contributed by atoms with Gasteiger partial charge in [-0.2, -0.15) is 0 Å². The largest absolute Gasteiger partial charge is 0.370 e. The summed E-state index contributed by atoms with van der Waals surface area (Å²) in [5.74, 6) is 0.403. The molecule has 1 heterocycles. The number of rotatable bonds is 2. The number of Topliss-reactive ketones (excluding diaryl/α,β-unsaturated/α-hetero) is 1. The van der Waals surface area contributed by atoms with Gasteiger partial charge in [0, 0.05) is 31.6 Å². The highest BCUT2D eigenvalue weighted by molar-refractivity contribution is 5.81. The summed E-state index contributed by atoms with van der Waals surface area (Å²) in [6, 6.07) is 8.49. The van der Waals surface area contributed by atoms with Crippen LogP contribution in [0.15, 0.2) is 24.3 Å². The lowest BCUT2D eigenvalue weighted by molar-refractivity contribution is -0.119. The molecule has 1 fully saturated rings. The van der Waals surface area contributed by atoms with Gasteiger partial charge in [-0.1, -0.05) is 25.1 Å². The Morgan fingerprint density at radius 1 is 1.20 bits per heavy atom. The quantitative estimate of drug-likeness (QED) is 0.735. The molecule has 0 aromatic heterocycles. The van der Waals surface area contributed by atoms with Crippen molar-refractivity contribution in [2.75, 3.05) is 18.0 Å². The summed E-state index contributed by atoms with van der Waals surface area (Å²) in [4.78, 5) is 13.5. The van der Waals surface area contributed by atoms with E-state index in [1.807, 2.05) is 0 Å². The summed E-state index contributed by atoms with van der Waals surface area (Å²) in [7, 11) is 0. The highest BCUT2D eigenvalue weighted by Gasteiger charge is 2.17. The maximum absolute atomic E-state index is 11.2. The number of hydrogen-bond donors (Lipinski definition) is 0. The molecule has 1 aliphatic heterocycles. The summed E-state index contributed by atoms with van der Waals surface area (Å²) in [5.41, 5.74) is 2.69. The lowest BCUT2D eigenvalue weighted by Gasteiger charge is -2.29. The van der Waals surface area contributed by atoms with E-state index < -0.39 is 0 Å². The lowest BCUT2D eigenvalue weighted by Crippen LogP contribution is -2.34. The van der Waals surface area contributed by atoms with Gasteiger partial charge in [0.25, 0.3) is 0 Å². The van der Waals surface area contributed by atoms with Crippen LogP contribution in [0.3, 0.4) is 0 Å². The zero-order valence-corrected chi connectivity index (χ0v) is 9.20. The number of para-hydroxylation sites is 1. The van der Waals surface area contributed by atoms with Crippen LogP contribution in [-0.2, 0) is 11.2 Å². The van der Waals surface area contributed by atoms with Crippen molar-refractivity contribution in [1.29, 1.82) is 0 Å². The number of piperidine rings is 1. The van der Waals surface area contributed by atoms with E-state index in [9.17, 15) is 4.79 Å². The maximum atomic E-state index is 11.2. The summed E-state index contributed by atoms with van der Waals surface area (Å²) in [5, 5.41) is 0. The Bertz CT molecular complexity index is 349. The Kier molecular flexibility index (Phi) is 3.05. The van der Waals surface area contributed by atoms with Crippen LogP contribution in [-0.4, -0.2) is 18.9 Å². The average Bonchev–Trinajstić information content (AvgIpc) is 2.30. The van der Waals surface area contributed by atoms with Gasteiger partial charge in [0.15, 0.2) is 0 Å². The number of nitrogens with zero attached hydrogens (tertiary/aromatic N) is 1. The lowest BCUT2D eigenvalue weighted by atomic mass is 10.1. The van der Waals surface area contributed by atoms with E-state index in [1.165, 1.54) is 11.3 Å². The molecule has 1 aliphatic rings. The molecule has 0 atom stereocenters. The molecule has 0 N–H and O–H groups in total. The second kappa shape index (κ2) is 4.47. The third-order valence-electron chi connectivity index (χ3n) is 3.03. The topological polar surface area (TPSA) is 20.3 Å². The van der Waals surface area contributed by atoms with Crippen molar-refractivity contribution in [3.05, 3.63) is 29.8 Å². The molecular weight excluding hydrogens is 186 g/mol. The number of carbonyl (C=O) groups excluding carboxylic acids is 1. The van der Waals surface area contributed by atoms with E-state index in [0.29, 0.717) is 18.6 Å². The van der Waals surface area contributed by atoms with Crippen LogP contribution in [0.4, 0.5) is 5.69 Å². The minimum atomic E-state index is 0.403. The fraction of sp³-hybridized carbons (Fsp3) is 0.462. The van der Waals surface area contributed by atoms with Crippen LogP contribution in [0, 0.1) is 0 Å². The molecule has 0 bridgehead atoms. The van der Waals surface area contributed by atoms with Crippen molar-refractivity contribution < 1.29 is 4.79 Å². The van der Waals surface area contributed by atoms with Crippen LogP contribution >= 0.6 is 0 Å². The van der Waals surface area contributed by atoms with Gasteiger partial charge < -0.3 is 4.90 Å². The summed E-state index contributed by atoms with van der Waals surface area (Å²) in [6.07, 6.45) is 2.47. The Morgan fingerprint density at radius 2 is 1.87 bits per heavy atom. The zero-order chi connectivity index (χ0) is 10.7. The number of ketones is 1. The molecule has 0 amide bonds. The molecule has 1 aromatic carbocycles. The Hall–Kier alpha value is -1.31. The standard InChI is InChI=1S/C13H17NO/c1-2-11-5-3-4-6-13(11)14-9-7-12(15)8-10-14/h3-6H,2,7-10H2,1H3. The van der Waals surface area contributed by atoms with Gasteiger partial charge in [-0.25, -0.2) is 0 Å². The number of carbonyl (C=O) groups is 1. The smallest absolute Gasteiger partial charge is 0.136 e. The summed E-state index contributed by atoms with van der Waals surface area (Å²) >= 11 is 0. The van der Waals surface area contributed by atoms with Crippen LogP contribution in [0.2, 0.25) is 0 Å². The van der Waals surface area contributed by atoms with Crippen LogP contribution in [0.1, 0.15) is 25.3 Å². The molecule has 80 valence electrons. The second-order valence-electron chi connectivity index (χ2n) is 4.01. The van der Waals surface area contributed by atoms with E-state index in [2.05, 4.69) is 36.1 Å². The minimum Gasteiger partial charge on any atom is -0.370 e. The van der Waals surface area contributed by atoms with Crippen molar-refractivity contribution in [1.82, 2.24) is 0 Å². The van der Waals surface area contributed by atoms with Gasteiger partial charge in [-0.3, -0.25) is 4.79 Å². The van der Waals surface area contributed by atoms with Crippen LogP contribution in [0.25, 0.3) is 0 Å². The molecule has 0 aliphatic carbocycles. The van der Waals surface area contributed by atoms with Gasteiger partial charge in [-0.15, -0.1) is 0 Å². The van der Waals surface area contributed by atoms with Crippen LogP contribution < -0.4 is 4.90 Å². The third kappa shape index (κ3) is 2.20. The van der Waals surface area contributed by atoms with Crippen molar-refractivity contribution in [2.24, 2.45) is 0 Å². The second-order valence-corrected chi connectivity index (χ2v) is 4.01. The Balaban J connectivity index is 2.18. The van der Waals surface area contributed by atoms with E-state index in [1.54, 1.807) is 0 Å². The molecule has 0 unspecified atom stereocenters. The number of hydrogen-bond acceptors (Lipinski definition) is 2. The summed E-state index contributed by atoms with van der Waals surface area (Å²) < 4.78 is 0. The van der Waals surface area contributed by atoms with Crippen molar-refractivity contribution in [2.45, 2.75) is 26.2 Å². The monoisotopic (exact) mass is 203 g/mol. The first-order valence-corrected chi connectivity index (χ1v) is 5.66. The first kappa shape index (κ1) is 10.2. The minimum absolute atomic E-state index is 0.403. The van der Waals surface area contributed by atoms with Gasteiger partial charge in [0.05, 0.1) is 0 Å². The van der Waals surface area contributed by atoms with Crippen molar-refractivity contribution in [3.8, 4) is 0 Å². The molecule has 0 spiro atoms. The number of benzene rings is 1. The molecule has 2 heteroatoms. The molecule has 2 nitrogen and oxygen atoms in total. The van der Waals surface area contributed by atoms with Gasteiger partial charge in [0.1, 0.15) is 5.78 Å². The molecule has 0 saturated carbocycles. The van der Waals surface area contributed by atoms with Gasteiger partial charge in [-0.05, 0) is 18.1 Å². The highest BCUT2D eigenvalue weighted by Crippen LogP contribution is 2.23. The highest BCUT2D eigenvalue weighted by atomic mass is 16.1. The predicted octanol–water partition coefficient (Wildman–Crippen LogP) is 2.42. The Morgan fingerprint density at radius 3 is 2.53 bits per heavy atom. The van der Waals surface area contributed by atoms with Gasteiger partial charge in [0.2, 0.25) is 0 Å². The van der Waals surface area contributed by atoms with E-state index in [-0.39, 0.29) is 0 Å². The van der Waals surface area contributed by atoms with Crippen LogP contribution in [0.5, 0.6) is 0 Å². The molecule has 1 saturated heterocycles. The fourth-order valence-corrected chi connectivity index (χ4v) is 2.12. The van der Waals surface area contributed by atoms with Crippen molar-refractivity contribution in [3.63, 3.8) is 0 Å². The first-order valence-electron chi connectivity index (χ1n) is 5.66.